The number of hydrogen-bond donors (Lipinski definition) is 9. The topological polar surface area (TPSA) is 296 Å². The summed E-state index contributed by atoms with van der Waals surface area (Å²) >= 11 is 0. The van der Waals surface area contributed by atoms with Gasteiger partial charge in [0.25, 0.3) is 0 Å². The Labute approximate surface area is 502 Å². The Bertz CT molecular complexity index is 3260. The number of halogens is 6. The van der Waals surface area contributed by atoms with Crippen molar-refractivity contribution in [3.8, 4) is 5.75 Å². The van der Waals surface area contributed by atoms with E-state index in [0.29, 0.717) is 46.1 Å². The molecule has 2 heterocycles. The molecule has 21 nitrogen and oxygen atoms in total. The Morgan fingerprint density at radius 2 is 1.23 bits per heavy atom. The number of alkyl carbamates (subject to hydrolysis) is 1. The van der Waals surface area contributed by atoms with E-state index in [1.807, 2.05) is 0 Å². The lowest BCUT2D eigenvalue weighted by atomic mass is 10.0. The molecule has 27 heteroatoms. The van der Waals surface area contributed by atoms with Crippen molar-refractivity contribution in [2.45, 2.75) is 141 Å². The zero-order chi connectivity index (χ0) is 64.7. The van der Waals surface area contributed by atoms with Crippen molar-refractivity contribution in [1.29, 1.82) is 0 Å². The van der Waals surface area contributed by atoms with Crippen molar-refractivity contribution >= 4 is 64.3 Å². The van der Waals surface area contributed by atoms with E-state index in [9.17, 15) is 74.6 Å². The Morgan fingerprint density at radius 1 is 0.636 bits per heavy atom. The highest BCUT2D eigenvalue weighted by Gasteiger charge is 2.40. The third-order valence-corrected chi connectivity index (χ3v) is 13.9. The van der Waals surface area contributed by atoms with E-state index in [0.717, 1.165) is 0 Å². The smallest absolute Gasteiger partial charge is 0.416 e. The number of carbonyl (C=O) groups is 9. The van der Waals surface area contributed by atoms with Crippen LogP contribution in [0.1, 0.15) is 94.2 Å². The number of aromatic amines is 1. The number of para-hydroxylation sites is 1. The molecule has 1 aliphatic heterocycles. The maximum atomic E-state index is 14.3. The lowest BCUT2D eigenvalue weighted by Crippen LogP contribution is -2.57. The number of aromatic hydroxyl groups is 1. The number of nitrogens with zero attached hydrogens (tertiary/aromatic N) is 1. The number of hydrogen-bond acceptors (Lipinski definition) is 12. The summed E-state index contributed by atoms with van der Waals surface area (Å²) in [5.74, 6) is -7.13. The summed E-state index contributed by atoms with van der Waals surface area (Å²) in [5, 5.41) is 28.1. The zero-order valence-corrected chi connectivity index (χ0v) is 49.1. The number of esters is 1. The van der Waals surface area contributed by atoms with Crippen LogP contribution in [-0.4, -0.2) is 130 Å². The number of carbonyl (C=O) groups excluding carboxylic acids is 9. The number of benzene rings is 4. The van der Waals surface area contributed by atoms with Crippen LogP contribution in [0.2, 0.25) is 0 Å². The molecule has 0 bridgehead atoms. The van der Waals surface area contributed by atoms with Gasteiger partial charge in [0.2, 0.25) is 41.4 Å². The lowest BCUT2D eigenvalue weighted by molar-refractivity contribution is -0.149. The van der Waals surface area contributed by atoms with E-state index in [4.69, 9.17) is 9.47 Å². The molecule has 0 saturated carbocycles. The van der Waals surface area contributed by atoms with E-state index in [2.05, 4.69) is 42.2 Å². The van der Waals surface area contributed by atoms with Crippen molar-refractivity contribution in [2.24, 2.45) is 5.92 Å². The molecule has 1 aliphatic rings. The Balaban J connectivity index is 1.08. The van der Waals surface area contributed by atoms with Crippen LogP contribution in [0, 0.1) is 5.92 Å². The van der Waals surface area contributed by atoms with Crippen LogP contribution >= 0.6 is 0 Å². The van der Waals surface area contributed by atoms with Crippen molar-refractivity contribution < 1.29 is 84.1 Å². The van der Waals surface area contributed by atoms with Gasteiger partial charge < -0.3 is 61.7 Å². The number of fused-ring (bicyclic) bond motifs is 1. The second-order valence-corrected chi connectivity index (χ2v) is 22.6. The number of alkyl halides is 6. The van der Waals surface area contributed by atoms with Gasteiger partial charge in [0.15, 0.2) is 0 Å². The van der Waals surface area contributed by atoms with Gasteiger partial charge in [-0.2, -0.15) is 26.3 Å². The Hall–Kier alpha value is -9.17. The van der Waals surface area contributed by atoms with Crippen LogP contribution < -0.4 is 37.2 Å². The largest absolute Gasteiger partial charge is 0.508 e. The van der Waals surface area contributed by atoms with Gasteiger partial charge in [-0.1, -0.05) is 74.5 Å². The normalized spacial score (nSPS) is 15.2. The third kappa shape index (κ3) is 20.5. The molecule has 1 fully saturated rings. The number of amides is 8. The molecular formula is C61H71F6N9O12. The SMILES string of the molecule is CC(C)C[C@H](NC(=O)[C@@H]1CCCN1C(=O)CNC(=O)[C@H](Cc1ccccc1)NC(=O)CNC(=O)[C@@H](C)NC(=O)[C@H](Cc1ccc(O)cc1)NC(=O)OC(C)(C)C)C(=O)N[C@@H](Cc1c[nH]c2ccccc12)C(=O)OCc1cc(C(F)(F)F)cc(C(F)(F)F)c1. The van der Waals surface area contributed by atoms with Gasteiger partial charge in [0, 0.05) is 42.9 Å². The number of nitrogens with one attached hydrogen (secondary N) is 8. The molecule has 9 N–H and O–H groups in total. The predicted octanol–water partition coefficient (Wildman–Crippen LogP) is 5.80. The van der Waals surface area contributed by atoms with Gasteiger partial charge in [0.05, 0.1) is 24.2 Å². The third-order valence-electron chi connectivity index (χ3n) is 13.9. The quantitative estimate of drug-likeness (QED) is 0.0247. The molecule has 4 aromatic carbocycles. The zero-order valence-electron chi connectivity index (χ0n) is 49.1. The first-order valence-corrected chi connectivity index (χ1v) is 28.2. The first-order valence-electron chi connectivity index (χ1n) is 28.2. The monoisotopic (exact) mass is 1240 g/mol. The maximum absolute atomic E-state index is 14.3. The minimum atomic E-state index is -5.18. The molecule has 0 unspecified atom stereocenters. The number of phenols is 1. The number of rotatable bonds is 25. The molecule has 88 heavy (non-hydrogen) atoms. The molecule has 0 radical (unpaired) electrons. The predicted molar refractivity (Wildman–Crippen MR) is 307 cm³/mol. The standard InChI is InChI=1S/C61H71F6N9O12/c1-34(2)23-45(55(83)74-48(28-39-30-68-44-16-11-10-15-43(39)44)57(85)87-33-38-24-40(60(62,63)64)29-41(25-38)61(65,66)67)73-56(84)49-17-12-22-76(49)51(79)32-70-53(81)46(26-36-13-8-7-9-14-36)72-50(78)31-69-52(80)35(3)71-54(82)47(75-58(86)88-59(4,5)6)27-37-18-20-42(77)21-19-37/h7-11,13-16,18-21,24-25,29-30,34-35,45-49,68,77H,12,17,22-23,26-28,31-33H2,1-6H3,(H,69,80)(H,70,81)(H,71,82)(H,72,78)(H,73,84)(H,74,83)(H,75,86)/t35-,45+,46+,47+,48+,49+/m1/s1. The maximum Gasteiger partial charge on any atom is 0.416 e. The summed E-state index contributed by atoms with van der Waals surface area (Å²) in [6.07, 6.45) is -9.67. The number of aromatic nitrogens is 1. The number of likely N-dealkylation sites (tertiary alicyclic amines) is 1. The van der Waals surface area contributed by atoms with Gasteiger partial charge in [-0.25, -0.2) is 9.59 Å². The van der Waals surface area contributed by atoms with E-state index >= 15 is 0 Å². The van der Waals surface area contributed by atoms with Crippen LogP contribution in [0.4, 0.5) is 31.1 Å². The molecule has 8 amide bonds. The average molecular weight is 1240 g/mol. The van der Waals surface area contributed by atoms with Crippen molar-refractivity contribution in [3.05, 3.63) is 137 Å². The highest BCUT2D eigenvalue weighted by Crippen LogP contribution is 2.37. The molecule has 1 aromatic heterocycles. The second kappa shape index (κ2) is 30.0. The molecule has 0 spiro atoms. The summed E-state index contributed by atoms with van der Waals surface area (Å²) in [6, 6.07) is 14.1. The Kier molecular flexibility index (Phi) is 23.1. The van der Waals surface area contributed by atoms with Crippen molar-refractivity contribution in [1.82, 2.24) is 47.1 Å². The minimum Gasteiger partial charge on any atom is -0.508 e. The van der Waals surface area contributed by atoms with Crippen molar-refractivity contribution in [2.75, 3.05) is 19.6 Å². The number of ether oxygens (including phenoxy) is 2. The van der Waals surface area contributed by atoms with Crippen LogP contribution in [0.3, 0.4) is 0 Å². The minimum absolute atomic E-state index is 0.0140. The molecule has 474 valence electrons. The lowest BCUT2D eigenvalue weighted by Gasteiger charge is -2.28. The van der Waals surface area contributed by atoms with Gasteiger partial charge in [-0.15, -0.1) is 0 Å². The average Bonchev–Trinajstić information content (AvgIpc) is 2.37. The van der Waals surface area contributed by atoms with Crippen LogP contribution in [0.25, 0.3) is 10.9 Å². The fraction of sp³-hybridized carbons (Fsp3) is 0.426. The fourth-order valence-corrected chi connectivity index (χ4v) is 9.57. The second-order valence-electron chi connectivity index (χ2n) is 22.6. The first-order chi connectivity index (χ1) is 41.3. The van der Waals surface area contributed by atoms with E-state index in [1.165, 1.54) is 24.0 Å². The summed E-state index contributed by atoms with van der Waals surface area (Å²) in [7, 11) is 0. The van der Waals surface area contributed by atoms with E-state index in [-0.39, 0.29) is 56.4 Å². The summed E-state index contributed by atoms with van der Waals surface area (Å²) in [5.41, 5.74) is -2.51. The van der Waals surface area contributed by atoms with Crippen LogP contribution in [-0.2, 0) is 86.1 Å². The summed E-state index contributed by atoms with van der Waals surface area (Å²) < 4.78 is 92.7. The van der Waals surface area contributed by atoms with Gasteiger partial charge in [-0.3, -0.25) is 33.6 Å². The van der Waals surface area contributed by atoms with Crippen LogP contribution in [0.5, 0.6) is 5.75 Å². The molecule has 5 aromatic rings. The van der Waals surface area contributed by atoms with Gasteiger partial charge in [0.1, 0.15) is 54.2 Å². The van der Waals surface area contributed by atoms with Crippen molar-refractivity contribution in [3.63, 3.8) is 0 Å². The highest BCUT2D eigenvalue weighted by atomic mass is 19.4. The molecule has 1 saturated heterocycles. The molecule has 6 atom stereocenters. The summed E-state index contributed by atoms with van der Waals surface area (Å²) in [6.45, 7) is 7.41. The first kappa shape index (κ1) is 67.9. The molecule has 0 aliphatic carbocycles. The summed E-state index contributed by atoms with van der Waals surface area (Å²) in [4.78, 5) is 127. The highest BCUT2D eigenvalue weighted by molar-refractivity contribution is 5.97. The van der Waals surface area contributed by atoms with E-state index in [1.54, 1.807) is 108 Å². The fourth-order valence-electron chi connectivity index (χ4n) is 9.57. The molecule has 6 rings (SSSR count). The Morgan fingerprint density at radius 3 is 1.85 bits per heavy atom. The number of H-pyrrole nitrogens is 1. The molecular weight excluding hydrogens is 1160 g/mol. The number of phenolic OH excluding ortho intramolecular Hbond substituents is 1. The van der Waals surface area contributed by atoms with Crippen LogP contribution in [0.15, 0.2) is 103 Å². The van der Waals surface area contributed by atoms with Gasteiger partial charge in [-0.05, 0) is 112 Å². The van der Waals surface area contributed by atoms with Gasteiger partial charge >= 0.3 is 24.4 Å². The van der Waals surface area contributed by atoms with E-state index < -0.39 is 144 Å².